The molecule has 2 aliphatic rings. The predicted molar refractivity (Wildman–Crippen MR) is 110 cm³/mol. The van der Waals surface area contributed by atoms with E-state index in [4.69, 9.17) is 15.2 Å². The fourth-order valence-corrected chi connectivity index (χ4v) is 4.03. The lowest BCUT2D eigenvalue weighted by atomic mass is 9.73. The van der Waals surface area contributed by atoms with E-state index in [0.717, 1.165) is 24.2 Å². The van der Waals surface area contributed by atoms with Crippen LogP contribution in [0.5, 0.6) is 5.75 Å². The van der Waals surface area contributed by atoms with Gasteiger partial charge in [0.1, 0.15) is 11.6 Å². The van der Waals surface area contributed by atoms with E-state index in [1.54, 1.807) is 19.4 Å². The zero-order valence-electron chi connectivity index (χ0n) is 16.6. The molecule has 1 aromatic heterocycles. The molecule has 1 amide bonds. The lowest BCUT2D eigenvalue weighted by Gasteiger charge is -2.49. The monoisotopic (exact) mass is 397 g/mol. The molecule has 0 aliphatic carbocycles. The molecule has 4 rings (SSSR count). The predicted octanol–water partition coefficient (Wildman–Crippen LogP) is 1.41. The average Bonchev–Trinajstić information content (AvgIpc) is 2.71. The summed E-state index contributed by atoms with van der Waals surface area (Å²) in [4.78, 5) is 23.9. The van der Waals surface area contributed by atoms with E-state index in [0.29, 0.717) is 44.5 Å². The minimum atomic E-state index is -0.543. The van der Waals surface area contributed by atoms with E-state index in [9.17, 15) is 4.79 Å². The van der Waals surface area contributed by atoms with Crippen LogP contribution in [0.25, 0.3) is 0 Å². The number of benzene rings is 1. The van der Waals surface area contributed by atoms with Gasteiger partial charge in [-0.25, -0.2) is 4.98 Å². The first kappa shape index (κ1) is 19.4. The Morgan fingerprint density at radius 2 is 2.14 bits per heavy atom. The molecule has 2 aromatic rings. The number of ether oxygens (including phenoxy) is 2. The summed E-state index contributed by atoms with van der Waals surface area (Å²) >= 11 is 0. The quantitative estimate of drug-likeness (QED) is 0.760. The highest BCUT2D eigenvalue weighted by Gasteiger charge is 2.50. The minimum Gasteiger partial charge on any atom is -0.497 e. The van der Waals surface area contributed by atoms with Gasteiger partial charge in [0, 0.05) is 38.5 Å². The second-order valence-corrected chi connectivity index (χ2v) is 7.81. The van der Waals surface area contributed by atoms with Crippen LogP contribution in [0.4, 0.5) is 11.8 Å². The number of amides is 1. The van der Waals surface area contributed by atoms with E-state index in [1.165, 1.54) is 0 Å². The van der Waals surface area contributed by atoms with Gasteiger partial charge < -0.3 is 25.4 Å². The highest BCUT2D eigenvalue weighted by atomic mass is 16.5. The van der Waals surface area contributed by atoms with Gasteiger partial charge in [0.15, 0.2) is 0 Å². The normalized spacial score (nSPS) is 18.7. The number of hydrogen-bond donors (Lipinski definition) is 2. The molecule has 0 atom stereocenters. The molecule has 2 saturated heterocycles. The smallest absolute Gasteiger partial charge is 0.230 e. The molecule has 0 radical (unpaired) electrons. The second-order valence-electron chi connectivity index (χ2n) is 7.81. The SMILES string of the molecule is COc1cccc(CC2(C(=O)NC3CCOCC3)CN(c3nccc(N)n3)C2)c1. The molecule has 8 nitrogen and oxygen atoms in total. The van der Waals surface area contributed by atoms with Crippen molar-refractivity contribution < 1.29 is 14.3 Å². The standard InChI is InChI=1S/C21H27N5O3/c1-28-17-4-2-3-15(11-17)12-21(19(27)24-16-6-9-29-10-7-16)13-26(14-21)20-23-8-5-18(22)25-20/h2-5,8,11,16H,6-7,9-10,12-14H2,1H3,(H,24,27)(H2,22,23,25). The van der Waals surface area contributed by atoms with Crippen LogP contribution >= 0.6 is 0 Å². The Morgan fingerprint density at radius 1 is 1.34 bits per heavy atom. The summed E-state index contributed by atoms with van der Waals surface area (Å²) in [5.74, 6) is 1.85. The second kappa shape index (κ2) is 8.24. The number of rotatable bonds is 6. The Morgan fingerprint density at radius 3 is 2.86 bits per heavy atom. The number of nitrogen functional groups attached to an aromatic ring is 1. The lowest BCUT2D eigenvalue weighted by molar-refractivity contribution is -0.134. The van der Waals surface area contributed by atoms with Crippen molar-refractivity contribution in [3.63, 3.8) is 0 Å². The van der Waals surface area contributed by atoms with Crippen LogP contribution < -0.4 is 20.7 Å². The fraction of sp³-hybridized carbons (Fsp3) is 0.476. The maximum atomic E-state index is 13.3. The van der Waals surface area contributed by atoms with E-state index in [-0.39, 0.29) is 11.9 Å². The number of nitrogens with zero attached hydrogens (tertiary/aromatic N) is 3. The summed E-state index contributed by atoms with van der Waals surface area (Å²) in [5.41, 5.74) is 6.33. The highest BCUT2D eigenvalue weighted by molar-refractivity contribution is 5.86. The first-order valence-electron chi connectivity index (χ1n) is 9.93. The molecule has 1 aromatic carbocycles. The van der Waals surface area contributed by atoms with Gasteiger partial charge in [0.25, 0.3) is 0 Å². The third kappa shape index (κ3) is 4.27. The Balaban J connectivity index is 1.53. The van der Waals surface area contributed by atoms with Crippen LogP contribution in [0.3, 0.4) is 0 Å². The van der Waals surface area contributed by atoms with E-state index in [2.05, 4.69) is 15.3 Å². The lowest BCUT2D eigenvalue weighted by Crippen LogP contribution is -2.66. The Hall–Kier alpha value is -2.87. The van der Waals surface area contributed by atoms with Gasteiger partial charge in [-0.2, -0.15) is 4.98 Å². The molecule has 0 unspecified atom stereocenters. The molecule has 3 N–H and O–H groups in total. The van der Waals surface area contributed by atoms with Crippen molar-refractivity contribution in [1.82, 2.24) is 15.3 Å². The molecular formula is C21H27N5O3. The van der Waals surface area contributed by atoms with Gasteiger partial charge >= 0.3 is 0 Å². The van der Waals surface area contributed by atoms with Crippen molar-refractivity contribution in [2.24, 2.45) is 5.41 Å². The molecular weight excluding hydrogens is 370 g/mol. The Kier molecular flexibility index (Phi) is 5.53. The summed E-state index contributed by atoms with van der Waals surface area (Å²) in [6, 6.07) is 9.71. The van der Waals surface area contributed by atoms with Gasteiger partial charge in [-0.15, -0.1) is 0 Å². The van der Waals surface area contributed by atoms with E-state index in [1.807, 2.05) is 29.2 Å². The summed E-state index contributed by atoms with van der Waals surface area (Å²) in [6.07, 6.45) is 3.96. The summed E-state index contributed by atoms with van der Waals surface area (Å²) in [7, 11) is 1.65. The van der Waals surface area contributed by atoms with Gasteiger partial charge in [-0.1, -0.05) is 12.1 Å². The number of anilines is 2. The maximum Gasteiger partial charge on any atom is 0.230 e. The molecule has 29 heavy (non-hydrogen) atoms. The maximum absolute atomic E-state index is 13.3. The van der Waals surface area contributed by atoms with Crippen molar-refractivity contribution in [2.45, 2.75) is 25.3 Å². The molecule has 154 valence electrons. The van der Waals surface area contributed by atoms with E-state index < -0.39 is 5.41 Å². The molecule has 8 heteroatoms. The number of aromatic nitrogens is 2. The van der Waals surface area contributed by atoms with Crippen molar-refractivity contribution in [2.75, 3.05) is 44.0 Å². The topological polar surface area (TPSA) is 103 Å². The van der Waals surface area contributed by atoms with Crippen LogP contribution in [0, 0.1) is 5.41 Å². The average molecular weight is 397 g/mol. The molecule has 2 fully saturated rings. The molecule has 3 heterocycles. The summed E-state index contributed by atoms with van der Waals surface area (Å²) < 4.78 is 10.8. The fourth-order valence-electron chi connectivity index (χ4n) is 4.03. The molecule has 0 bridgehead atoms. The van der Waals surface area contributed by atoms with Crippen molar-refractivity contribution in [3.8, 4) is 5.75 Å². The first-order chi connectivity index (χ1) is 14.1. The highest BCUT2D eigenvalue weighted by Crippen LogP contribution is 2.37. The summed E-state index contributed by atoms with van der Waals surface area (Å²) in [5, 5.41) is 3.25. The van der Waals surface area contributed by atoms with Gasteiger partial charge in [-0.05, 0) is 43.0 Å². The zero-order chi connectivity index (χ0) is 20.3. The van der Waals surface area contributed by atoms with Gasteiger partial charge in [-0.3, -0.25) is 4.79 Å². The number of methoxy groups -OCH3 is 1. The van der Waals surface area contributed by atoms with Crippen LogP contribution in [0.1, 0.15) is 18.4 Å². The molecule has 0 saturated carbocycles. The number of hydrogen-bond acceptors (Lipinski definition) is 7. The number of nitrogens with one attached hydrogen (secondary N) is 1. The zero-order valence-corrected chi connectivity index (χ0v) is 16.6. The molecule has 0 spiro atoms. The number of nitrogens with two attached hydrogens (primary N) is 1. The number of carbonyl (C=O) groups excluding carboxylic acids is 1. The van der Waals surface area contributed by atoms with Crippen molar-refractivity contribution in [3.05, 3.63) is 42.1 Å². The van der Waals surface area contributed by atoms with Gasteiger partial charge in [0.2, 0.25) is 11.9 Å². The summed E-state index contributed by atoms with van der Waals surface area (Å²) in [6.45, 7) is 2.47. The third-order valence-electron chi connectivity index (χ3n) is 5.65. The first-order valence-corrected chi connectivity index (χ1v) is 9.93. The Labute approximate surface area is 170 Å². The largest absolute Gasteiger partial charge is 0.497 e. The number of carbonyl (C=O) groups is 1. The van der Waals surface area contributed by atoms with E-state index >= 15 is 0 Å². The van der Waals surface area contributed by atoms with Crippen LogP contribution in [0.15, 0.2) is 36.5 Å². The van der Waals surface area contributed by atoms with Crippen LogP contribution in [-0.4, -0.2) is 55.3 Å². The van der Waals surface area contributed by atoms with Crippen LogP contribution in [0.2, 0.25) is 0 Å². The Bertz CT molecular complexity index is 863. The third-order valence-corrected chi connectivity index (χ3v) is 5.65. The van der Waals surface area contributed by atoms with Gasteiger partial charge in [0.05, 0.1) is 12.5 Å². The minimum absolute atomic E-state index is 0.0763. The van der Waals surface area contributed by atoms with Crippen molar-refractivity contribution in [1.29, 1.82) is 0 Å². The van der Waals surface area contributed by atoms with Crippen molar-refractivity contribution >= 4 is 17.7 Å². The molecule has 2 aliphatic heterocycles. The van der Waals surface area contributed by atoms with Crippen LogP contribution in [-0.2, 0) is 16.0 Å².